The second-order valence-corrected chi connectivity index (χ2v) is 2.09. The number of ketones is 2. The molecule has 0 aliphatic heterocycles. The molecule has 12 heavy (non-hydrogen) atoms. The molecule has 0 amide bonds. The van der Waals surface area contributed by atoms with E-state index in [-0.39, 0.29) is 17.8 Å². The van der Waals surface area contributed by atoms with E-state index in [0.29, 0.717) is 6.08 Å². The molecule has 0 aromatic heterocycles. The standard InChI is InChI=1S/C8H6O4/c1-6(11)4-7(5-10)8(12)2-3-9/h2H,4H2,1H3. The van der Waals surface area contributed by atoms with Crippen LogP contribution in [0.5, 0.6) is 0 Å². The molecule has 0 aliphatic rings. The molecule has 0 bridgehead atoms. The molecule has 0 rings (SSSR count). The third-order valence-electron chi connectivity index (χ3n) is 1.04. The molecule has 4 nitrogen and oxygen atoms in total. The van der Waals surface area contributed by atoms with Crippen LogP contribution in [0, 0.1) is 0 Å². The highest BCUT2D eigenvalue weighted by molar-refractivity contribution is 6.14. The third kappa shape index (κ3) is 3.42. The molecule has 0 N–H and O–H groups in total. The van der Waals surface area contributed by atoms with E-state index in [1.807, 2.05) is 0 Å². The van der Waals surface area contributed by atoms with Gasteiger partial charge in [-0.25, -0.2) is 9.59 Å². The molecule has 0 saturated carbocycles. The van der Waals surface area contributed by atoms with Crippen LogP contribution in [0.3, 0.4) is 0 Å². The van der Waals surface area contributed by atoms with E-state index in [4.69, 9.17) is 0 Å². The van der Waals surface area contributed by atoms with Gasteiger partial charge in [0.15, 0.2) is 0 Å². The van der Waals surface area contributed by atoms with Gasteiger partial charge in [0.25, 0.3) is 0 Å². The summed E-state index contributed by atoms with van der Waals surface area (Å²) in [7, 11) is 0. The average Bonchev–Trinajstić information content (AvgIpc) is 2.00. The molecular weight excluding hydrogens is 160 g/mol. The first kappa shape index (κ1) is 10.2. The lowest BCUT2D eigenvalue weighted by atomic mass is 10.1. The minimum atomic E-state index is -0.810. The van der Waals surface area contributed by atoms with Crippen LogP contribution in [0.2, 0.25) is 0 Å². The van der Waals surface area contributed by atoms with Crippen molar-refractivity contribution in [3.05, 3.63) is 11.6 Å². The minimum absolute atomic E-state index is 0.291. The van der Waals surface area contributed by atoms with Crippen LogP contribution in [0.1, 0.15) is 13.3 Å². The zero-order valence-electron chi connectivity index (χ0n) is 6.42. The van der Waals surface area contributed by atoms with E-state index in [0.717, 1.165) is 0 Å². The minimum Gasteiger partial charge on any atom is -0.300 e. The number of carbonyl (C=O) groups is 2. The lowest BCUT2D eigenvalue weighted by molar-refractivity contribution is -0.118. The van der Waals surface area contributed by atoms with E-state index >= 15 is 0 Å². The second-order valence-electron chi connectivity index (χ2n) is 2.09. The predicted molar refractivity (Wildman–Crippen MR) is 39.8 cm³/mol. The van der Waals surface area contributed by atoms with E-state index < -0.39 is 5.78 Å². The highest BCUT2D eigenvalue weighted by Gasteiger charge is 2.09. The van der Waals surface area contributed by atoms with Gasteiger partial charge in [-0.15, -0.1) is 0 Å². The van der Waals surface area contributed by atoms with Crippen LogP contribution in [-0.2, 0) is 19.2 Å². The van der Waals surface area contributed by atoms with E-state index in [2.05, 4.69) is 0 Å². The number of Topliss-reactive ketones (excluding diaryl/α,β-unsaturated/α-hetero) is 1. The summed E-state index contributed by atoms with van der Waals surface area (Å²) in [5.74, 6) is 1.38. The van der Waals surface area contributed by atoms with Crippen LogP contribution in [0.25, 0.3) is 0 Å². The van der Waals surface area contributed by atoms with Gasteiger partial charge in [0.1, 0.15) is 17.7 Å². The molecule has 0 atom stereocenters. The van der Waals surface area contributed by atoms with Crippen LogP contribution in [0.15, 0.2) is 11.6 Å². The highest BCUT2D eigenvalue weighted by Crippen LogP contribution is 1.99. The van der Waals surface area contributed by atoms with Crippen LogP contribution < -0.4 is 0 Å². The monoisotopic (exact) mass is 166 g/mol. The molecule has 0 heterocycles. The molecule has 62 valence electrons. The topological polar surface area (TPSA) is 68.3 Å². The van der Waals surface area contributed by atoms with Crippen molar-refractivity contribution in [1.82, 2.24) is 0 Å². The normalized spacial score (nSPS) is 7.75. The summed E-state index contributed by atoms with van der Waals surface area (Å²) >= 11 is 0. The summed E-state index contributed by atoms with van der Waals surface area (Å²) < 4.78 is 0. The Balaban J connectivity index is 4.59. The quantitative estimate of drug-likeness (QED) is 0.424. The fourth-order valence-corrected chi connectivity index (χ4v) is 0.563. The van der Waals surface area contributed by atoms with Gasteiger partial charge in [0, 0.05) is 6.42 Å². The number of rotatable bonds is 4. The summed E-state index contributed by atoms with van der Waals surface area (Å²) in [6, 6.07) is 0. The summed E-state index contributed by atoms with van der Waals surface area (Å²) in [5, 5.41) is 0. The van der Waals surface area contributed by atoms with Gasteiger partial charge in [0.05, 0.1) is 11.6 Å². The fourth-order valence-electron chi connectivity index (χ4n) is 0.563. The van der Waals surface area contributed by atoms with Crippen molar-refractivity contribution in [3.8, 4) is 0 Å². The zero-order chi connectivity index (χ0) is 9.56. The average molecular weight is 166 g/mol. The van der Waals surface area contributed by atoms with Crippen LogP contribution in [0.4, 0.5) is 0 Å². The van der Waals surface area contributed by atoms with E-state index in [1.54, 1.807) is 0 Å². The SMILES string of the molecule is CC(=O)CC(=C=O)C(=O)C=C=O. The molecule has 0 unspecified atom stereocenters. The smallest absolute Gasteiger partial charge is 0.204 e. The summed E-state index contributed by atoms with van der Waals surface area (Å²) in [6.45, 7) is 1.23. The first-order valence-corrected chi connectivity index (χ1v) is 3.10. The molecule has 0 saturated heterocycles. The second kappa shape index (κ2) is 4.97. The maximum atomic E-state index is 10.7. The Bertz CT molecular complexity index is 301. The summed E-state index contributed by atoms with van der Waals surface area (Å²) in [4.78, 5) is 41.0. The molecule has 0 aromatic carbocycles. The maximum Gasteiger partial charge on any atom is 0.204 e. The Hall–Kier alpha value is -1.76. The van der Waals surface area contributed by atoms with Crippen molar-refractivity contribution >= 4 is 23.4 Å². The number of allylic oxidation sites excluding steroid dienone is 2. The Kier molecular flexibility index (Phi) is 4.24. The lowest BCUT2D eigenvalue weighted by Crippen LogP contribution is -2.04. The van der Waals surface area contributed by atoms with E-state index in [9.17, 15) is 19.2 Å². The van der Waals surface area contributed by atoms with Crippen molar-refractivity contribution in [2.24, 2.45) is 0 Å². The maximum absolute atomic E-state index is 10.7. The van der Waals surface area contributed by atoms with Gasteiger partial charge < -0.3 is 0 Å². The van der Waals surface area contributed by atoms with Gasteiger partial charge >= 0.3 is 0 Å². The van der Waals surface area contributed by atoms with Crippen LogP contribution in [-0.4, -0.2) is 23.4 Å². The Morgan fingerprint density at radius 2 is 1.92 bits per heavy atom. The Labute approximate surface area is 68.6 Å². The van der Waals surface area contributed by atoms with Gasteiger partial charge in [-0.3, -0.25) is 9.59 Å². The molecule has 0 aliphatic carbocycles. The molecule has 4 heteroatoms. The third-order valence-corrected chi connectivity index (χ3v) is 1.04. The summed E-state index contributed by atoms with van der Waals surface area (Å²) in [6.07, 6.45) is 0.268. The van der Waals surface area contributed by atoms with Crippen molar-refractivity contribution in [3.63, 3.8) is 0 Å². The van der Waals surface area contributed by atoms with Gasteiger partial charge in [-0.05, 0) is 6.92 Å². The number of hydrogen-bond donors (Lipinski definition) is 0. The molecule has 0 aromatic rings. The van der Waals surface area contributed by atoms with E-state index in [1.165, 1.54) is 18.8 Å². The van der Waals surface area contributed by atoms with Crippen molar-refractivity contribution < 1.29 is 19.2 Å². The summed E-state index contributed by atoms with van der Waals surface area (Å²) in [5.41, 5.74) is -0.342. The predicted octanol–water partition coefficient (Wildman–Crippen LogP) is -0.320. The lowest BCUT2D eigenvalue weighted by Gasteiger charge is -1.91. The largest absolute Gasteiger partial charge is 0.300 e. The van der Waals surface area contributed by atoms with Crippen molar-refractivity contribution in [2.75, 3.05) is 0 Å². The molecule has 0 radical (unpaired) electrons. The highest BCUT2D eigenvalue weighted by atomic mass is 16.1. The molecule has 0 spiro atoms. The van der Waals surface area contributed by atoms with Crippen molar-refractivity contribution in [2.45, 2.75) is 13.3 Å². The number of hydrogen-bond acceptors (Lipinski definition) is 4. The Morgan fingerprint density at radius 3 is 2.25 bits per heavy atom. The van der Waals surface area contributed by atoms with Crippen molar-refractivity contribution in [1.29, 1.82) is 0 Å². The van der Waals surface area contributed by atoms with Gasteiger partial charge in [0.2, 0.25) is 5.78 Å². The first-order chi connectivity index (χ1) is 5.61. The van der Waals surface area contributed by atoms with Gasteiger partial charge in [-0.2, -0.15) is 0 Å². The van der Waals surface area contributed by atoms with Crippen LogP contribution >= 0.6 is 0 Å². The number of carbonyl (C=O) groups excluding carboxylic acids is 4. The first-order valence-electron chi connectivity index (χ1n) is 3.10. The molecular formula is C8H6O4. The van der Waals surface area contributed by atoms with Gasteiger partial charge in [-0.1, -0.05) is 0 Å². The zero-order valence-corrected chi connectivity index (χ0v) is 6.42. The molecule has 0 fully saturated rings. The Morgan fingerprint density at radius 1 is 1.33 bits per heavy atom. The fraction of sp³-hybridized carbons (Fsp3) is 0.250.